The van der Waals surface area contributed by atoms with Gasteiger partial charge in [-0.25, -0.2) is 0 Å². The minimum Gasteiger partial charge on any atom is -0.358 e. The summed E-state index contributed by atoms with van der Waals surface area (Å²) in [5, 5.41) is 22.5. The third kappa shape index (κ3) is 4.39. The van der Waals surface area contributed by atoms with E-state index in [1.807, 2.05) is 12.1 Å². The molecule has 1 amide bonds. The molecule has 0 aliphatic heterocycles. The van der Waals surface area contributed by atoms with Crippen molar-refractivity contribution in [3.05, 3.63) is 67.4 Å². The van der Waals surface area contributed by atoms with E-state index in [9.17, 15) is 14.9 Å². The molecule has 28 heavy (non-hydrogen) atoms. The van der Waals surface area contributed by atoms with Crippen molar-refractivity contribution in [1.82, 2.24) is 19.6 Å². The van der Waals surface area contributed by atoms with Crippen LogP contribution in [-0.2, 0) is 11.3 Å². The first kappa shape index (κ1) is 20.0. The van der Waals surface area contributed by atoms with Crippen LogP contribution in [-0.4, -0.2) is 30.4 Å². The number of nitrogens with one attached hydrogen (secondary N) is 1. The standard InChI is InChI=1S/C17H16BrClN6O3/c1-10-7-15(25(27)28)21-24(10)11(2)17(26)20-16-14(18)9-23(22-16)8-12-3-5-13(19)6-4-12/h3-7,9,11H,8H2,1-2H3,(H,20,22,26). The second-order valence-corrected chi connectivity index (χ2v) is 7.45. The highest BCUT2D eigenvalue weighted by atomic mass is 79.9. The lowest BCUT2D eigenvalue weighted by atomic mass is 10.2. The van der Waals surface area contributed by atoms with Crippen LogP contribution in [0.15, 0.2) is 41.0 Å². The number of nitro groups is 1. The summed E-state index contributed by atoms with van der Waals surface area (Å²) >= 11 is 9.27. The summed E-state index contributed by atoms with van der Waals surface area (Å²) in [4.78, 5) is 22.8. The lowest BCUT2D eigenvalue weighted by Crippen LogP contribution is -2.25. The topological polar surface area (TPSA) is 108 Å². The molecule has 146 valence electrons. The number of amides is 1. The van der Waals surface area contributed by atoms with Gasteiger partial charge in [0.25, 0.3) is 5.91 Å². The van der Waals surface area contributed by atoms with Crippen LogP contribution in [0.5, 0.6) is 0 Å². The van der Waals surface area contributed by atoms with Crippen molar-refractivity contribution in [2.75, 3.05) is 5.32 Å². The van der Waals surface area contributed by atoms with E-state index < -0.39 is 16.9 Å². The number of hydrogen-bond acceptors (Lipinski definition) is 5. The van der Waals surface area contributed by atoms with Gasteiger partial charge in [-0.2, -0.15) is 9.78 Å². The molecule has 1 unspecified atom stereocenters. The maximum absolute atomic E-state index is 12.6. The van der Waals surface area contributed by atoms with Gasteiger partial charge in [-0.1, -0.05) is 23.7 Å². The van der Waals surface area contributed by atoms with Crippen LogP contribution in [0.25, 0.3) is 0 Å². The van der Waals surface area contributed by atoms with Crippen LogP contribution < -0.4 is 5.32 Å². The van der Waals surface area contributed by atoms with Gasteiger partial charge in [0.1, 0.15) is 6.04 Å². The SMILES string of the molecule is Cc1cc([N+](=O)[O-])nn1C(C)C(=O)Nc1nn(Cc2ccc(Cl)cc2)cc1Br. The normalized spacial score (nSPS) is 12.0. The van der Waals surface area contributed by atoms with Crippen molar-refractivity contribution >= 4 is 45.1 Å². The molecule has 1 N–H and O–H groups in total. The van der Waals surface area contributed by atoms with Crippen molar-refractivity contribution < 1.29 is 9.72 Å². The number of benzene rings is 1. The Labute approximate surface area is 173 Å². The van der Waals surface area contributed by atoms with E-state index in [4.69, 9.17) is 11.6 Å². The lowest BCUT2D eigenvalue weighted by Gasteiger charge is -2.10. The molecule has 0 saturated heterocycles. The molecule has 0 saturated carbocycles. The number of carbonyl (C=O) groups excluding carboxylic acids is 1. The van der Waals surface area contributed by atoms with Crippen LogP contribution in [0, 0.1) is 17.0 Å². The van der Waals surface area contributed by atoms with Crippen LogP contribution in [0.2, 0.25) is 5.02 Å². The molecule has 0 radical (unpaired) electrons. The van der Waals surface area contributed by atoms with Crippen molar-refractivity contribution in [3.63, 3.8) is 0 Å². The predicted molar refractivity (Wildman–Crippen MR) is 107 cm³/mol. The highest BCUT2D eigenvalue weighted by Crippen LogP contribution is 2.23. The largest absolute Gasteiger partial charge is 0.390 e. The summed E-state index contributed by atoms with van der Waals surface area (Å²) in [5.74, 6) is -0.339. The molecule has 3 rings (SSSR count). The molecule has 1 atom stereocenters. The monoisotopic (exact) mass is 466 g/mol. The van der Waals surface area contributed by atoms with Crippen molar-refractivity contribution in [3.8, 4) is 0 Å². The fraction of sp³-hybridized carbons (Fsp3) is 0.235. The maximum atomic E-state index is 12.6. The summed E-state index contributed by atoms with van der Waals surface area (Å²) in [6.45, 7) is 3.77. The summed E-state index contributed by atoms with van der Waals surface area (Å²) in [5.41, 5.74) is 1.52. The Morgan fingerprint density at radius 2 is 2.04 bits per heavy atom. The highest BCUT2D eigenvalue weighted by Gasteiger charge is 2.25. The quantitative estimate of drug-likeness (QED) is 0.436. The van der Waals surface area contributed by atoms with Crippen molar-refractivity contribution in [1.29, 1.82) is 0 Å². The number of halogens is 2. The van der Waals surface area contributed by atoms with E-state index >= 15 is 0 Å². The molecular weight excluding hydrogens is 452 g/mol. The number of rotatable bonds is 6. The second kappa shape index (κ2) is 8.11. The van der Waals surface area contributed by atoms with E-state index in [0.717, 1.165) is 5.56 Å². The molecule has 1 aromatic carbocycles. The first-order valence-corrected chi connectivity index (χ1v) is 9.40. The fourth-order valence-electron chi connectivity index (χ4n) is 2.62. The number of nitrogens with zero attached hydrogens (tertiary/aromatic N) is 5. The van der Waals surface area contributed by atoms with Gasteiger partial charge < -0.3 is 15.4 Å². The number of aromatic nitrogens is 4. The third-order valence-electron chi connectivity index (χ3n) is 4.06. The Bertz CT molecular complexity index is 1030. The molecule has 0 bridgehead atoms. The van der Waals surface area contributed by atoms with Crippen LogP contribution >= 0.6 is 27.5 Å². The second-order valence-electron chi connectivity index (χ2n) is 6.16. The first-order chi connectivity index (χ1) is 13.2. The van der Waals surface area contributed by atoms with Crippen LogP contribution in [0.3, 0.4) is 0 Å². The number of anilines is 1. The Hall–Kier alpha value is -2.72. The zero-order chi connectivity index (χ0) is 20.4. The Kier molecular flexibility index (Phi) is 5.80. The van der Waals surface area contributed by atoms with Gasteiger partial charge in [-0.05, 0) is 52.4 Å². The minimum atomic E-state index is -0.748. The molecule has 2 heterocycles. The summed E-state index contributed by atoms with van der Waals surface area (Å²) in [6.07, 6.45) is 1.75. The van der Waals surface area contributed by atoms with E-state index in [2.05, 4.69) is 31.4 Å². The zero-order valence-electron chi connectivity index (χ0n) is 15.0. The molecule has 2 aromatic heterocycles. The number of hydrogen-bond donors (Lipinski definition) is 1. The number of aryl methyl sites for hydroxylation is 1. The Morgan fingerprint density at radius 1 is 1.36 bits per heavy atom. The molecule has 3 aromatic rings. The Balaban J connectivity index is 1.72. The molecule has 9 nitrogen and oxygen atoms in total. The van der Waals surface area contributed by atoms with E-state index in [-0.39, 0.29) is 5.82 Å². The summed E-state index contributed by atoms with van der Waals surface area (Å²) in [6, 6.07) is 7.95. The van der Waals surface area contributed by atoms with E-state index in [1.165, 1.54) is 10.7 Å². The van der Waals surface area contributed by atoms with Gasteiger partial charge in [-0.3, -0.25) is 9.48 Å². The van der Waals surface area contributed by atoms with Crippen molar-refractivity contribution in [2.24, 2.45) is 0 Å². The van der Waals surface area contributed by atoms with E-state index in [0.29, 0.717) is 27.6 Å². The van der Waals surface area contributed by atoms with Crippen LogP contribution in [0.1, 0.15) is 24.2 Å². The predicted octanol–water partition coefficient (Wildman–Crippen LogP) is 3.96. The van der Waals surface area contributed by atoms with Crippen molar-refractivity contribution in [2.45, 2.75) is 26.4 Å². The third-order valence-corrected chi connectivity index (χ3v) is 4.89. The van der Waals surface area contributed by atoms with Gasteiger partial charge in [0.2, 0.25) is 0 Å². The van der Waals surface area contributed by atoms with Crippen LogP contribution in [0.4, 0.5) is 11.6 Å². The summed E-state index contributed by atoms with van der Waals surface area (Å²) in [7, 11) is 0. The molecule has 11 heteroatoms. The molecular formula is C17H16BrClN6O3. The van der Waals surface area contributed by atoms with Gasteiger partial charge >= 0.3 is 5.82 Å². The van der Waals surface area contributed by atoms with Gasteiger partial charge in [0, 0.05) is 11.2 Å². The fourth-order valence-corrected chi connectivity index (χ4v) is 3.16. The van der Waals surface area contributed by atoms with Gasteiger partial charge in [0.05, 0.1) is 27.9 Å². The zero-order valence-corrected chi connectivity index (χ0v) is 17.3. The average molecular weight is 468 g/mol. The number of carbonyl (C=O) groups is 1. The average Bonchev–Trinajstić information content (AvgIpc) is 3.19. The lowest BCUT2D eigenvalue weighted by molar-refractivity contribution is -0.389. The Morgan fingerprint density at radius 3 is 2.64 bits per heavy atom. The minimum absolute atomic E-state index is 0.300. The molecule has 0 aliphatic carbocycles. The molecule has 0 fully saturated rings. The van der Waals surface area contributed by atoms with Gasteiger partial charge in [-0.15, -0.1) is 0 Å². The molecule has 0 aliphatic rings. The highest BCUT2D eigenvalue weighted by molar-refractivity contribution is 9.10. The maximum Gasteiger partial charge on any atom is 0.390 e. The molecule has 0 spiro atoms. The smallest absolute Gasteiger partial charge is 0.358 e. The summed E-state index contributed by atoms with van der Waals surface area (Å²) < 4.78 is 3.61. The van der Waals surface area contributed by atoms with E-state index in [1.54, 1.807) is 36.9 Å². The first-order valence-electron chi connectivity index (χ1n) is 8.23. The van der Waals surface area contributed by atoms with Gasteiger partial charge in [0.15, 0.2) is 5.82 Å².